The van der Waals surface area contributed by atoms with E-state index >= 15 is 0 Å². The summed E-state index contributed by atoms with van der Waals surface area (Å²) < 4.78 is 31.3. The molecule has 1 fully saturated rings. The van der Waals surface area contributed by atoms with Crippen LogP contribution in [0.1, 0.15) is 38.6 Å². The van der Waals surface area contributed by atoms with E-state index in [-0.39, 0.29) is 40.4 Å². The van der Waals surface area contributed by atoms with Crippen LogP contribution in [0.2, 0.25) is 0 Å². The van der Waals surface area contributed by atoms with Crippen LogP contribution in [-0.4, -0.2) is 50.0 Å². The highest BCUT2D eigenvalue weighted by Crippen LogP contribution is 2.22. The van der Waals surface area contributed by atoms with Crippen molar-refractivity contribution in [2.45, 2.75) is 23.6 Å². The van der Waals surface area contributed by atoms with Crippen molar-refractivity contribution in [2.24, 2.45) is 5.73 Å². The number of carbonyl (C=O) groups is 4. The van der Waals surface area contributed by atoms with Gasteiger partial charge in [0, 0.05) is 23.9 Å². The van der Waals surface area contributed by atoms with E-state index in [0.717, 1.165) is 30.1 Å². The molecular weight excluding hydrogens is 436 g/mol. The zero-order chi connectivity index (χ0) is 21.9. The molecule has 0 aromatic carbocycles. The minimum absolute atomic E-state index is 0.0383. The highest BCUT2D eigenvalue weighted by Gasteiger charge is 2.24. The highest BCUT2D eigenvalue weighted by atomic mass is 32.2. The molecule has 2 aromatic rings. The number of primary amides is 1. The smallest absolute Gasteiger partial charge is 0.284 e. The van der Waals surface area contributed by atoms with E-state index in [1.165, 1.54) is 17.0 Å². The largest absolute Gasteiger partial charge is 0.458 e. The minimum Gasteiger partial charge on any atom is -0.458 e. The van der Waals surface area contributed by atoms with Crippen molar-refractivity contribution in [3.05, 3.63) is 40.7 Å². The average Bonchev–Trinajstić information content (AvgIpc) is 3.41. The molecule has 3 rings (SSSR count). The first-order valence-corrected chi connectivity index (χ1v) is 11.0. The Labute approximate surface area is 175 Å². The molecule has 2 aromatic heterocycles. The van der Waals surface area contributed by atoms with Crippen LogP contribution in [0, 0.1) is 0 Å². The summed E-state index contributed by atoms with van der Waals surface area (Å²) in [6.45, 7) is 0.590. The summed E-state index contributed by atoms with van der Waals surface area (Å²) in [6.07, 6.45) is 2.09. The van der Waals surface area contributed by atoms with Crippen molar-refractivity contribution in [2.75, 3.05) is 13.1 Å². The standard InChI is InChI=1S/C17H18N4O7S2/c18-16(24)12-6-10(9-28-12)17(25)20-30(26,27)15-4-3-11(29-15)7-19-13(22)8-21-5-1-2-14(21)23/h3-4,6,9H,1-2,5,7-8H2,(H2,18,24)(H,19,22)(H,20,25). The summed E-state index contributed by atoms with van der Waals surface area (Å²) in [4.78, 5) is 48.6. The van der Waals surface area contributed by atoms with E-state index in [4.69, 9.17) is 10.2 Å². The van der Waals surface area contributed by atoms with Crippen LogP contribution in [0.15, 0.2) is 33.1 Å². The summed E-state index contributed by atoms with van der Waals surface area (Å²) in [5.74, 6) is -2.56. The van der Waals surface area contributed by atoms with E-state index in [1.54, 1.807) is 0 Å². The van der Waals surface area contributed by atoms with E-state index in [0.29, 0.717) is 17.8 Å². The number of nitrogens with two attached hydrogens (primary N) is 1. The molecule has 0 aliphatic carbocycles. The maximum Gasteiger partial charge on any atom is 0.284 e. The number of furan rings is 1. The molecule has 0 unspecified atom stereocenters. The van der Waals surface area contributed by atoms with Crippen molar-refractivity contribution in [3.63, 3.8) is 0 Å². The average molecular weight is 454 g/mol. The Morgan fingerprint density at radius 3 is 2.67 bits per heavy atom. The molecule has 30 heavy (non-hydrogen) atoms. The number of thiophene rings is 1. The van der Waals surface area contributed by atoms with Crippen LogP contribution in [0.25, 0.3) is 0 Å². The second kappa shape index (κ2) is 8.67. The number of sulfonamides is 1. The summed E-state index contributed by atoms with van der Waals surface area (Å²) in [7, 11) is -4.17. The Hall–Kier alpha value is -3.19. The third-order valence-corrected chi connectivity index (χ3v) is 7.11. The monoisotopic (exact) mass is 454 g/mol. The number of hydrogen-bond acceptors (Lipinski definition) is 8. The summed E-state index contributed by atoms with van der Waals surface area (Å²) in [6, 6.07) is 3.84. The molecule has 0 saturated carbocycles. The van der Waals surface area contributed by atoms with Gasteiger partial charge in [0.2, 0.25) is 11.8 Å². The van der Waals surface area contributed by atoms with Gasteiger partial charge in [-0.1, -0.05) is 0 Å². The molecule has 4 amide bonds. The molecule has 160 valence electrons. The number of amides is 4. The van der Waals surface area contributed by atoms with Gasteiger partial charge in [-0.2, -0.15) is 0 Å². The molecule has 0 bridgehead atoms. The minimum atomic E-state index is -4.17. The number of nitrogens with one attached hydrogen (secondary N) is 2. The third kappa shape index (κ3) is 5.04. The fourth-order valence-corrected chi connectivity index (χ4v) is 4.97. The number of rotatable bonds is 8. The first-order valence-electron chi connectivity index (χ1n) is 8.74. The molecule has 11 nitrogen and oxygen atoms in total. The van der Waals surface area contributed by atoms with Gasteiger partial charge in [0.15, 0.2) is 5.76 Å². The molecule has 0 atom stereocenters. The zero-order valence-electron chi connectivity index (χ0n) is 15.5. The Kier molecular flexibility index (Phi) is 6.22. The number of nitrogens with zero attached hydrogens (tertiary/aromatic N) is 1. The lowest BCUT2D eigenvalue weighted by atomic mass is 10.3. The lowest BCUT2D eigenvalue weighted by Crippen LogP contribution is -2.37. The van der Waals surface area contributed by atoms with Crippen molar-refractivity contribution in [1.82, 2.24) is 14.9 Å². The summed E-state index contributed by atoms with van der Waals surface area (Å²) in [5, 5.41) is 2.63. The Morgan fingerprint density at radius 2 is 2.03 bits per heavy atom. The molecule has 1 aliphatic rings. The van der Waals surface area contributed by atoms with E-state index in [9.17, 15) is 27.6 Å². The first-order chi connectivity index (χ1) is 14.2. The molecular formula is C17H18N4O7S2. The number of carbonyl (C=O) groups excluding carboxylic acids is 4. The fourth-order valence-electron chi connectivity index (χ4n) is 2.70. The van der Waals surface area contributed by atoms with Gasteiger partial charge in [0.25, 0.3) is 21.8 Å². The molecule has 13 heteroatoms. The van der Waals surface area contributed by atoms with Gasteiger partial charge in [0.05, 0.1) is 18.7 Å². The van der Waals surface area contributed by atoms with Gasteiger partial charge >= 0.3 is 0 Å². The maximum atomic E-state index is 12.4. The normalized spacial score (nSPS) is 14.0. The van der Waals surface area contributed by atoms with Crippen LogP contribution < -0.4 is 15.8 Å². The van der Waals surface area contributed by atoms with Crippen molar-refractivity contribution < 1.29 is 32.0 Å². The van der Waals surface area contributed by atoms with E-state index in [1.807, 2.05) is 4.72 Å². The number of likely N-dealkylation sites (tertiary alicyclic amines) is 1. The Bertz CT molecular complexity index is 1100. The quantitative estimate of drug-likeness (QED) is 0.496. The summed E-state index contributed by atoms with van der Waals surface area (Å²) in [5.41, 5.74) is 4.85. The predicted octanol–water partition coefficient (Wildman–Crippen LogP) is -0.203. The molecule has 3 heterocycles. The maximum absolute atomic E-state index is 12.4. The van der Waals surface area contributed by atoms with Crippen LogP contribution in [0.4, 0.5) is 0 Å². The molecule has 1 saturated heterocycles. The topological polar surface area (TPSA) is 169 Å². The van der Waals surface area contributed by atoms with Crippen LogP contribution in [-0.2, 0) is 26.2 Å². The van der Waals surface area contributed by atoms with Gasteiger partial charge in [-0.3, -0.25) is 19.2 Å². The van der Waals surface area contributed by atoms with Crippen LogP contribution in [0.3, 0.4) is 0 Å². The van der Waals surface area contributed by atoms with Gasteiger partial charge in [-0.25, -0.2) is 13.1 Å². The Balaban J connectivity index is 1.57. The second-order valence-electron chi connectivity index (χ2n) is 6.41. The van der Waals surface area contributed by atoms with E-state index in [2.05, 4.69) is 5.32 Å². The second-order valence-corrected chi connectivity index (χ2v) is 9.49. The zero-order valence-corrected chi connectivity index (χ0v) is 17.2. The van der Waals surface area contributed by atoms with Gasteiger partial charge < -0.3 is 20.4 Å². The molecule has 4 N–H and O–H groups in total. The molecule has 0 spiro atoms. The lowest BCUT2D eigenvalue weighted by molar-refractivity contribution is -0.133. The molecule has 0 radical (unpaired) electrons. The summed E-state index contributed by atoms with van der Waals surface area (Å²) >= 11 is 0.877. The Morgan fingerprint density at radius 1 is 1.27 bits per heavy atom. The third-order valence-electron chi connectivity index (χ3n) is 4.20. The van der Waals surface area contributed by atoms with Gasteiger partial charge in [0.1, 0.15) is 10.5 Å². The molecule has 1 aliphatic heterocycles. The lowest BCUT2D eigenvalue weighted by Gasteiger charge is -2.14. The van der Waals surface area contributed by atoms with Gasteiger partial charge in [-0.15, -0.1) is 11.3 Å². The van der Waals surface area contributed by atoms with Crippen molar-refractivity contribution in [1.29, 1.82) is 0 Å². The van der Waals surface area contributed by atoms with Crippen LogP contribution >= 0.6 is 11.3 Å². The van der Waals surface area contributed by atoms with Gasteiger partial charge in [-0.05, 0) is 18.6 Å². The van der Waals surface area contributed by atoms with Crippen molar-refractivity contribution in [3.8, 4) is 0 Å². The fraction of sp³-hybridized carbons (Fsp3) is 0.294. The predicted molar refractivity (Wildman–Crippen MR) is 104 cm³/mol. The SMILES string of the molecule is NC(=O)c1cc(C(=O)NS(=O)(=O)c2ccc(CNC(=O)CN3CCCC3=O)s2)co1. The number of hydrogen-bond donors (Lipinski definition) is 3. The first kappa shape index (κ1) is 21.5. The van der Waals surface area contributed by atoms with E-state index < -0.39 is 21.8 Å². The van der Waals surface area contributed by atoms with Crippen LogP contribution in [0.5, 0.6) is 0 Å². The van der Waals surface area contributed by atoms with Crippen molar-refractivity contribution >= 4 is 45.0 Å². The highest BCUT2D eigenvalue weighted by molar-refractivity contribution is 7.92.